The minimum Gasteiger partial charge on any atom is -0.444 e. The Kier molecular flexibility index (Phi) is 5.33. The summed E-state index contributed by atoms with van der Waals surface area (Å²) in [4.78, 5) is 23.1. The molecular weight excluding hydrogens is 355 g/mol. The normalized spacial score (nSPS) is 17.9. The first kappa shape index (κ1) is 19.8. The fraction of sp³-hybridized carbons (Fsp3) is 0.562. The van der Waals surface area contributed by atoms with Gasteiger partial charge in [0, 0.05) is 36.3 Å². The number of non-ortho nitro benzene ring substituents is 1. The molecule has 1 aliphatic heterocycles. The number of ether oxygens (including phenoxy) is 1. The summed E-state index contributed by atoms with van der Waals surface area (Å²) in [6, 6.07) is 2.64. The van der Waals surface area contributed by atoms with E-state index in [-0.39, 0.29) is 18.8 Å². The molecule has 1 amide bonds. The molecule has 0 bridgehead atoms. The molecule has 1 saturated heterocycles. The topological polar surface area (TPSA) is 84.7 Å². The average molecular weight is 375 g/mol. The summed E-state index contributed by atoms with van der Waals surface area (Å²) in [5, 5.41) is 13.4. The molecule has 2 rings (SSSR count). The Morgan fingerprint density at radius 3 is 2.54 bits per heavy atom. The van der Waals surface area contributed by atoms with Crippen molar-refractivity contribution in [3.8, 4) is 0 Å². The van der Waals surface area contributed by atoms with Gasteiger partial charge in [-0.2, -0.15) is 13.2 Å². The number of nitrogens with one attached hydrogen (secondary N) is 1. The van der Waals surface area contributed by atoms with Gasteiger partial charge in [-0.15, -0.1) is 0 Å². The Morgan fingerprint density at radius 2 is 2.00 bits per heavy atom. The lowest BCUT2D eigenvalue weighted by Crippen LogP contribution is -2.42. The number of carbonyl (C=O) groups excluding carboxylic acids is 1. The molecule has 1 fully saturated rings. The number of amides is 1. The molecule has 1 aromatic rings. The van der Waals surface area contributed by atoms with Crippen LogP contribution in [0.25, 0.3) is 0 Å². The largest absolute Gasteiger partial charge is 0.444 e. The second-order valence-electron chi connectivity index (χ2n) is 7.09. The third-order valence-electron chi connectivity index (χ3n) is 3.73. The predicted molar refractivity (Wildman–Crippen MR) is 88.1 cm³/mol. The van der Waals surface area contributed by atoms with E-state index in [0.717, 1.165) is 12.1 Å². The number of alkyl halides is 3. The molecule has 1 aliphatic rings. The minimum atomic E-state index is -4.73. The quantitative estimate of drug-likeness (QED) is 0.643. The Hall–Kier alpha value is -2.52. The number of rotatable bonds is 3. The number of hydrogen-bond donors (Lipinski definition) is 1. The lowest BCUT2D eigenvalue weighted by molar-refractivity contribution is -0.385. The number of carbonyl (C=O) groups is 1. The van der Waals surface area contributed by atoms with Crippen LogP contribution in [0.15, 0.2) is 18.2 Å². The maximum atomic E-state index is 13.3. The Bertz CT molecular complexity index is 701. The standard InChI is InChI=1S/C16H20F3N3O4/c1-15(2,3)20-14(23)26-11-6-7-21(9-11)13-5-4-10(22(24)25)8-12(13)16(17,18)19/h4-5,8,11H,6-7,9H2,1-3H3,(H,20,23). The monoisotopic (exact) mass is 375 g/mol. The van der Waals surface area contributed by atoms with E-state index in [0.29, 0.717) is 12.5 Å². The van der Waals surface area contributed by atoms with Gasteiger partial charge in [-0.05, 0) is 26.8 Å². The molecule has 0 spiro atoms. The highest BCUT2D eigenvalue weighted by atomic mass is 19.4. The average Bonchev–Trinajstić information content (AvgIpc) is 2.91. The molecule has 0 aromatic heterocycles. The van der Waals surface area contributed by atoms with E-state index in [4.69, 9.17) is 4.74 Å². The van der Waals surface area contributed by atoms with Crippen LogP contribution in [0.4, 0.5) is 29.3 Å². The lowest BCUT2D eigenvalue weighted by Gasteiger charge is -2.24. The summed E-state index contributed by atoms with van der Waals surface area (Å²) in [5.74, 6) is 0. The summed E-state index contributed by atoms with van der Waals surface area (Å²) in [6.07, 6.45) is -5.56. The van der Waals surface area contributed by atoms with Gasteiger partial charge in [0.15, 0.2) is 0 Å². The Balaban J connectivity index is 2.15. The molecule has 0 radical (unpaired) electrons. The highest BCUT2D eigenvalue weighted by Crippen LogP contribution is 2.39. The van der Waals surface area contributed by atoms with Gasteiger partial charge in [0.25, 0.3) is 5.69 Å². The maximum absolute atomic E-state index is 13.3. The van der Waals surface area contributed by atoms with Crippen molar-refractivity contribution in [2.24, 2.45) is 0 Å². The van der Waals surface area contributed by atoms with Crippen molar-refractivity contribution in [2.75, 3.05) is 18.0 Å². The van der Waals surface area contributed by atoms with E-state index in [1.807, 2.05) is 0 Å². The maximum Gasteiger partial charge on any atom is 0.418 e. The van der Waals surface area contributed by atoms with Crippen molar-refractivity contribution < 1.29 is 27.6 Å². The summed E-state index contributed by atoms with van der Waals surface area (Å²) in [5.41, 5.74) is -2.36. The highest BCUT2D eigenvalue weighted by Gasteiger charge is 2.38. The van der Waals surface area contributed by atoms with Crippen LogP contribution >= 0.6 is 0 Å². The van der Waals surface area contributed by atoms with Crippen LogP contribution in [0.2, 0.25) is 0 Å². The molecule has 0 aliphatic carbocycles. The molecule has 1 unspecified atom stereocenters. The molecule has 7 nitrogen and oxygen atoms in total. The van der Waals surface area contributed by atoms with Crippen molar-refractivity contribution in [1.82, 2.24) is 5.32 Å². The van der Waals surface area contributed by atoms with Crippen LogP contribution in [-0.4, -0.2) is 35.7 Å². The van der Waals surface area contributed by atoms with Gasteiger partial charge in [0.1, 0.15) is 6.10 Å². The Morgan fingerprint density at radius 1 is 1.35 bits per heavy atom. The molecule has 1 N–H and O–H groups in total. The summed E-state index contributed by atoms with van der Waals surface area (Å²) in [6.45, 7) is 5.66. The van der Waals surface area contributed by atoms with Crippen LogP contribution in [0.3, 0.4) is 0 Å². The van der Waals surface area contributed by atoms with Crippen LogP contribution in [-0.2, 0) is 10.9 Å². The lowest BCUT2D eigenvalue weighted by atomic mass is 10.1. The zero-order chi connectivity index (χ0) is 19.7. The Labute approximate surface area is 148 Å². The van der Waals surface area contributed by atoms with E-state index >= 15 is 0 Å². The summed E-state index contributed by atoms with van der Waals surface area (Å²) in [7, 11) is 0. The van der Waals surface area contributed by atoms with Crippen LogP contribution in [0, 0.1) is 10.1 Å². The number of halogens is 3. The van der Waals surface area contributed by atoms with Crippen LogP contribution in [0.5, 0.6) is 0 Å². The van der Waals surface area contributed by atoms with Crippen molar-refractivity contribution in [2.45, 2.75) is 45.0 Å². The zero-order valence-electron chi connectivity index (χ0n) is 14.6. The summed E-state index contributed by atoms with van der Waals surface area (Å²) >= 11 is 0. The second kappa shape index (κ2) is 7.00. The van der Waals surface area contributed by atoms with E-state index in [2.05, 4.69) is 5.32 Å². The molecule has 1 atom stereocenters. The fourth-order valence-electron chi connectivity index (χ4n) is 2.67. The third-order valence-corrected chi connectivity index (χ3v) is 3.73. The first-order valence-electron chi connectivity index (χ1n) is 7.96. The fourth-order valence-corrected chi connectivity index (χ4v) is 2.67. The van der Waals surface area contributed by atoms with Crippen molar-refractivity contribution in [3.63, 3.8) is 0 Å². The predicted octanol–water partition coefficient (Wildman–Crippen LogP) is 3.72. The van der Waals surface area contributed by atoms with E-state index in [1.54, 1.807) is 20.8 Å². The molecule has 10 heteroatoms. The number of anilines is 1. The van der Waals surface area contributed by atoms with E-state index in [1.165, 1.54) is 4.90 Å². The number of hydrogen-bond acceptors (Lipinski definition) is 5. The SMILES string of the molecule is CC(C)(C)NC(=O)OC1CCN(c2ccc([N+](=O)[O-])cc2C(F)(F)F)C1. The first-order valence-corrected chi connectivity index (χ1v) is 7.96. The molecule has 26 heavy (non-hydrogen) atoms. The van der Waals surface area contributed by atoms with Crippen molar-refractivity contribution in [1.29, 1.82) is 0 Å². The van der Waals surface area contributed by atoms with Crippen molar-refractivity contribution >= 4 is 17.5 Å². The van der Waals surface area contributed by atoms with Gasteiger partial charge in [-0.1, -0.05) is 0 Å². The van der Waals surface area contributed by atoms with Crippen LogP contribution < -0.4 is 10.2 Å². The molecular formula is C16H20F3N3O4. The number of benzene rings is 1. The molecule has 144 valence electrons. The first-order chi connectivity index (χ1) is 11.9. The molecule has 1 aromatic carbocycles. The molecule has 1 heterocycles. The number of nitro benzene ring substituents is 1. The smallest absolute Gasteiger partial charge is 0.418 e. The van der Waals surface area contributed by atoms with Gasteiger partial charge in [-0.3, -0.25) is 10.1 Å². The third kappa shape index (κ3) is 4.99. The number of nitro groups is 1. The van der Waals surface area contributed by atoms with Crippen LogP contribution in [0.1, 0.15) is 32.8 Å². The zero-order valence-corrected chi connectivity index (χ0v) is 14.6. The van der Waals surface area contributed by atoms with Gasteiger partial charge < -0.3 is 15.0 Å². The highest BCUT2D eigenvalue weighted by molar-refractivity contribution is 5.68. The van der Waals surface area contributed by atoms with E-state index < -0.39 is 40.1 Å². The van der Waals surface area contributed by atoms with Gasteiger partial charge >= 0.3 is 12.3 Å². The van der Waals surface area contributed by atoms with Gasteiger partial charge in [0.05, 0.1) is 17.0 Å². The second-order valence-corrected chi connectivity index (χ2v) is 7.09. The van der Waals surface area contributed by atoms with Gasteiger partial charge in [-0.25, -0.2) is 4.79 Å². The minimum absolute atomic E-state index is 0.0818. The van der Waals surface area contributed by atoms with E-state index in [9.17, 15) is 28.1 Å². The number of nitrogens with zero attached hydrogens (tertiary/aromatic N) is 2. The number of alkyl carbamates (subject to hydrolysis) is 1. The van der Waals surface area contributed by atoms with Crippen molar-refractivity contribution in [3.05, 3.63) is 33.9 Å². The van der Waals surface area contributed by atoms with Gasteiger partial charge in [0.2, 0.25) is 0 Å². The molecule has 0 saturated carbocycles. The summed E-state index contributed by atoms with van der Waals surface area (Å²) < 4.78 is 45.1.